The lowest BCUT2D eigenvalue weighted by molar-refractivity contribution is 0.0526. The van der Waals surface area contributed by atoms with Gasteiger partial charge in [-0.2, -0.15) is 0 Å². The molecule has 2 aromatic carbocycles. The van der Waals surface area contributed by atoms with Gasteiger partial charge in [0.2, 0.25) is 0 Å². The summed E-state index contributed by atoms with van der Waals surface area (Å²) in [6.45, 7) is 7.76. The van der Waals surface area contributed by atoms with Gasteiger partial charge in [0.25, 0.3) is 0 Å². The van der Waals surface area contributed by atoms with Gasteiger partial charge in [0.15, 0.2) is 6.71 Å². The first kappa shape index (κ1) is 13.9. The second-order valence-electron chi connectivity index (χ2n) is 5.26. The third kappa shape index (κ3) is 3.97. The maximum Gasteiger partial charge on any atom is 0.169 e. The number of rotatable bonds is 5. The van der Waals surface area contributed by atoms with Crippen LogP contribution in [0.25, 0.3) is 0 Å². The van der Waals surface area contributed by atoms with Crippen molar-refractivity contribution in [1.82, 2.24) is 0 Å². The van der Waals surface area contributed by atoms with Crippen LogP contribution in [-0.2, 0) is 11.3 Å². The van der Waals surface area contributed by atoms with Crippen LogP contribution < -0.4 is 5.46 Å². The van der Waals surface area contributed by atoms with E-state index in [1.807, 2.05) is 18.2 Å². The zero-order valence-electron chi connectivity index (χ0n) is 12.0. The molecule has 0 aromatic heterocycles. The molecule has 1 nitrogen and oxygen atoms in total. The highest BCUT2D eigenvalue weighted by Crippen LogP contribution is 2.17. The lowest BCUT2D eigenvalue weighted by Gasteiger charge is -2.13. The average Bonchev–Trinajstić information content (AvgIpc) is 2.46. The molecule has 0 radical (unpaired) electrons. The molecule has 0 amide bonds. The first-order valence-electron chi connectivity index (χ1n) is 6.92. The molecule has 1 atom stereocenters. The zero-order chi connectivity index (χ0) is 13.7. The molecule has 0 fully saturated rings. The third-order valence-corrected chi connectivity index (χ3v) is 3.42. The first-order valence-corrected chi connectivity index (χ1v) is 6.92. The summed E-state index contributed by atoms with van der Waals surface area (Å²) in [4.78, 5) is 0. The normalized spacial score (nSPS) is 12.2. The molecule has 0 aliphatic heterocycles. The Kier molecular flexibility index (Phi) is 4.81. The number of benzene rings is 2. The van der Waals surface area contributed by atoms with Gasteiger partial charge in [0, 0.05) is 0 Å². The van der Waals surface area contributed by atoms with Crippen molar-refractivity contribution in [2.45, 2.75) is 33.3 Å². The fourth-order valence-corrected chi connectivity index (χ4v) is 2.04. The first-order chi connectivity index (χ1) is 9.16. The summed E-state index contributed by atoms with van der Waals surface area (Å²) in [5, 5.41) is 0. The van der Waals surface area contributed by atoms with Crippen LogP contribution in [0, 0.1) is 0 Å². The predicted octanol–water partition coefficient (Wildman–Crippen LogP) is 3.93. The molecule has 0 aliphatic rings. The van der Waals surface area contributed by atoms with E-state index < -0.39 is 0 Å². The molecule has 0 N–H and O–H groups in total. The molecule has 1 unspecified atom stereocenters. The van der Waals surface area contributed by atoms with Crippen molar-refractivity contribution in [2.24, 2.45) is 0 Å². The van der Waals surface area contributed by atoms with Gasteiger partial charge < -0.3 is 4.74 Å². The molecular weight excluding hydrogens is 231 g/mol. The van der Waals surface area contributed by atoms with Gasteiger partial charge in [-0.25, -0.2) is 0 Å². The SMILES string of the molecule is CB(C)c1ccc(COC(C)c2ccccc2)cc1. The van der Waals surface area contributed by atoms with Gasteiger partial charge in [-0.3, -0.25) is 0 Å². The minimum Gasteiger partial charge on any atom is -0.369 e. The van der Waals surface area contributed by atoms with Crippen molar-refractivity contribution in [2.75, 3.05) is 0 Å². The summed E-state index contributed by atoms with van der Waals surface area (Å²) in [6.07, 6.45) is 0.131. The van der Waals surface area contributed by atoms with Crippen molar-refractivity contribution in [1.29, 1.82) is 0 Å². The van der Waals surface area contributed by atoms with Gasteiger partial charge in [-0.15, -0.1) is 0 Å². The van der Waals surface area contributed by atoms with E-state index in [0.717, 1.165) is 0 Å². The van der Waals surface area contributed by atoms with E-state index in [9.17, 15) is 0 Å². The van der Waals surface area contributed by atoms with Crippen LogP contribution in [0.1, 0.15) is 24.2 Å². The van der Waals surface area contributed by atoms with Gasteiger partial charge >= 0.3 is 0 Å². The van der Waals surface area contributed by atoms with E-state index in [0.29, 0.717) is 13.3 Å². The Labute approximate surface area is 116 Å². The van der Waals surface area contributed by atoms with E-state index in [1.54, 1.807) is 0 Å². The Morgan fingerprint density at radius 2 is 1.58 bits per heavy atom. The average molecular weight is 252 g/mol. The molecule has 0 spiro atoms. The van der Waals surface area contributed by atoms with Crippen LogP contribution in [0.2, 0.25) is 13.6 Å². The van der Waals surface area contributed by atoms with E-state index in [4.69, 9.17) is 4.74 Å². The molecule has 2 rings (SSSR count). The third-order valence-electron chi connectivity index (χ3n) is 3.42. The predicted molar refractivity (Wildman–Crippen MR) is 83.2 cm³/mol. The van der Waals surface area contributed by atoms with Crippen molar-refractivity contribution >= 4 is 12.2 Å². The largest absolute Gasteiger partial charge is 0.369 e. The number of hydrogen-bond acceptors (Lipinski definition) is 1. The molecule has 2 aromatic rings. The van der Waals surface area contributed by atoms with Crippen LogP contribution in [0.15, 0.2) is 54.6 Å². The second kappa shape index (κ2) is 6.58. The summed E-state index contributed by atoms with van der Waals surface area (Å²) < 4.78 is 5.91. The Balaban J connectivity index is 1.92. The minimum atomic E-state index is 0.131. The Morgan fingerprint density at radius 3 is 2.16 bits per heavy atom. The van der Waals surface area contributed by atoms with Gasteiger partial charge in [0.1, 0.15) is 0 Å². The minimum absolute atomic E-state index is 0.131. The summed E-state index contributed by atoms with van der Waals surface area (Å²) in [5.41, 5.74) is 3.83. The summed E-state index contributed by atoms with van der Waals surface area (Å²) in [5.74, 6) is 0. The Hall–Kier alpha value is -1.54. The second-order valence-corrected chi connectivity index (χ2v) is 5.26. The highest BCUT2D eigenvalue weighted by molar-refractivity contribution is 6.70. The molecule has 0 saturated heterocycles. The van der Waals surface area contributed by atoms with E-state index in [-0.39, 0.29) is 6.10 Å². The highest BCUT2D eigenvalue weighted by atomic mass is 16.5. The monoisotopic (exact) mass is 252 g/mol. The molecule has 0 aliphatic carbocycles. The van der Waals surface area contributed by atoms with Crippen molar-refractivity contribution in [3.05, 3.63) is 65.7 Å². The summed E-state index contributed by atoms with van der Waals surface area (Å²) >= 11 is 0. The zero-order valence-corrected chi connectivity index (χ0v) is 12.0. The summed E-state index contributed by atoms with van der Waals surface area (Å²) in [6, 6.07) is 19.0. The Bertz CT molecular complexity index is 490. The van der Waals surface area contributed by atoms with Gasteiger partial charge in [-0.05, 0) is 18.1 Å². The molecule has 98 valence electrons. The molecule has 0 heterocycles. The lowest BCUT2D eigenvalue weighted by Crippen LogP contribution is -2.21. The van der Waals surface area contributed by atoms with Gasteiger partial charge in [-0.1, -0.05) is 73.7 Å². The summed E-state index contributed by atoms with van der Waals surface area (Å²) in [7, 11) is 0. The van der Waals surface area contributed by atoms with Crippen LogP contribution in [0.3, 0.4) is 0 Å². The molecule has 19 heavy (non-hydrogen) atoms. The van der Waals surface area contributed by atoms with Crippen LogP contribution in [0.5, 0.6) is 0 Å². The fraction of sp³-hybridized carbons (Fsp3) is 0.294. The van der Waals surface area contributed by atoms with Crippen molar-refractivity contribution < 1.29 is 4.74 Å². The molecular formula is C17H21BO. The van der Waals surface area contributed by atoms with E-state index in [2.05, 4.69) is 57.0 Å². The maximum atomic E-state index is 5.91. The van der Waals surface area contributed by atoms with Crippen LogP contribution >= 0.6 is 0 Å². The molecule has 2 heteroatoms. The van der Waals surface area contributed by atoms with Crippen molar-refractivity contribution in [3.8, 4) is 0 Å². The maximum absolute atomic E-state index is 5.91. The van der Waals surface area contributed by atoms with Crippen LogP contribution in [0.4, 0.5) is 0 Å². The van der Waals surface area contributed by atoms with Crippen LogP contribution in [-0.4, -0.2) is 6.71 Å². The topological polar surface area (TPSA) is 9.23 Å². The fourth-order valence-electron chi connectivity index (χ4n) is 2.04. The standard InChI is InChI=1S/C17H21BO/c1-14(16-7-5-4-6-8-16)19-13-15-9-11-17(12-10-15)18(2)3/h4-12,14H,13H2,1-3H3. The quantitative estimate of drug-likeness (QED) is 0.732. The smallest absolute Gasteiger partial charge is 0.169 e. The molecule has 0 saturated carbocycles. The Morgan fingerprint density at radius 1 is 0.947 bits per heavy atom. The van der Waals surface area contributed by atoms with Crippen molar-refractivity contribution in [3.63, 3.8) is 0 Å². The lowest BCUT2D eigenvalue weighted by atomic mass is 9.49. The van der Waals surface area contributed by atoms with Gasteiger partial charge in [0.05, 0.1) is 12.7 Å². The number of hydrogen-bond donors (Lipinski definition) is 0. The van der Waals surface area contributed by atoms with E-state index >= 15 is 0 Å². The highest BCUT2D eigenvalue weighted by Gasteiger charge is 2.06. The van der Waals surface area contributed by atoms with E-state index in [1.165, 1.54) is 16.6 Å². The molecule has 0 bridgehead atoms. The number of ether oxygens (including phenoxy) is 1.